The minimum atomic E-state index is -0.869. The highest BCUT2D eigenvalue weighted by Gasteiger charge is 2.36. The van der Waals surface area contributed by atoms with E-state index in [-0.39, 0.29) is 18.9 Å². The number of benzene rings is 1. The van der Waals surface area contributed by atoms with Gasteiger partial charge in [0.2, 0.25) is 11.8 Å². The van der Waals surface area contributed by atoms with Gasteiger partial charge in [0, 0.05) is 19.0 Å². The first-order valence-electron chi connectivity index (χ1n) is 6.94. The summed E-state index contributed by atoms with van der Waals surface area (Å²) >= 11 is 0. The number of aromatic nitrogens is 1. The monoisotopic (exact) mass is 321 g/mol. The Kier molecular flexibility index (Phi) is 3.81. The molecule has 1 aromatic heterocycles. The van der Waals surface area contributed by atoms with E-state index in [1.165, 1.54) is 11.0 Å². The second-order valence-corrected chi connectivity index (χ2v) is 5.29. The molecule has 1 fully saturated rings. The molecule has 0 saturated carbocycles. The van der Waals surface area contributed by atoms with Gasteiger partial charge in [-0.2, -0.15) is 0 Å². The van der Waals surface area contributed by atoms with Gasteiger partial charge in [-0.25, -0.2) is 8.78 Å². The molecule has 1 atom stereocenters. The Bertz CT molecular complexity index is 755. The molecule has 0 bridgehead atoms. The molecular weight excluding hydrogens is 308 g/mol. The van der Waals surface area contributed by atoms with E-state index in [1.807, 2.05) is 0 Å². The summed E-state index contributed by atoms with van der Waals surface area (Å²) in [5.74, 6) is -2.52. The standard InChI is InChI=1S/C15H13F2N3O3/c1-8-5-12(19-23-8)20-7-9(6-13(20)21)15(22)18-14-10(16)3-2-4-11(14)17/h2-5,9H,6-7H2,1H3,(H,18,22). The van der Waals surface area contributed by atoms with Crippen LogP contribution in [-0.2, 0) is 9.59 Å². The number of hydrogen-bond donors (Lipinski definition) is 1. The van der Waals surface area contributed by atoms with Gasteiger partial charge in [0.15, 0.2) is 5.82 Å². The van der Waals surface area contributed by atoms with Crippen LogP contribution in [0.25, 0.3) is 0 Å². The van der Waals surface area contributed by atoms with E-state index < -0.39 is 29.1 Å². The van der Waals surface area contributed by atoms with Crippen LogP contribution in [0.5, 0.6) is 0 Å². The van der Waals surface area contributed by atoms with Gasteiger partial charge in [-0.1, -0.05) is 11.2 Å². The molecule has 1 unspecified atom stereocenters. The number of amides is 2. The van der Waals surface area contributed by atoms with Crippen molar-refractivity contribution in [3.63, 3.8) is 0 Å². The van der Waals surface area contributed by atoms with Crippen molar-refractivity contribution in [1.29, 1.82) is 0 Å². The molecule has 0 spiro atoms. The van der Waals surface area contributed by atoms with Crippen LogP contribution in [0.15, 0.2) is 28.8 Å². The topological polar surface area (TPSA) is 75.4 Å². The van der Waals surface area contributed by atoms with Gasteiger partial charge in [0.05, 0.1) is 5.92 Å². The molecule has 6 nitrogen and oxygen atoms in total. The Balaban J connectivity index is 1.73. The number of halogens is 2. The molecule has 1 aliphatic heterocycles. The molecule has 0 aliphatic carbocycles. The zero-order valence-electron chi connectivity index (χ0n) is 12.2. The third-order valence-corrected chi connectivity index (χ3v) is 3.60. The molecule has 1 saturated heterocycles. The van der Waals surface area contributed by atoms with Crippen LogP contribution in [0.1, 0.15) is 12.2 Å². The van der Waals surface area contributed by atoms with Gasteiger partial charge in [-0.15, -0.1) is 0 Å². The maximum Gasteiger partial charge on any atom is 0.229 e. The Labute approximate surface area is 130 Å². The zero-order valence-corrected chi connectivity index (χ0v) is 12.2. The summed E-state index contributed by atoms with van der Waals surface area (Å²) in [5.41, 5.74) is -0.513. The van der Waals surface area contributed by atoms with Crippen molar-refractivity contribution >= 4 is 23.3 Å². The predicted octanol–water partition coefficient (Wildman–Crippen LogP) is 2.25. The number of aryl methyl sites for hydroxylation is 1. The molecule has 120 valence electrons. The first-order chi connectivity index (χ1) is 11.0. The average Bonchev–Trinajstić information content (AvgIpc) is 3.09. The van der Waals surface area contributed by atoms with Gasteiger partial charge in [-0.3, -0.25) is 14.5 Å². The SMILES string of the molecule is Cc1cc(N2CC(C(=O)Nc3c(F)cccc3F)CC2=O)no1. The second-order valence-electron chi connectivity index (χ2n) is 5.29. The normalized spacial score (nSPS) is 17.6. The molecule has 2 heterocycles. The zero-order chi connectivity index (χ0) is 16.6. The summed E-state index contributed by atoms with van der Waals surface area (Å²) in [4.78, 5) is 25.5. The van der Waals surface area contributed by atoms with Crippen molar-refractivity contribution in [1.82, 2.24) is 5.16 Å². The summed E-state index contributed by atoms with van der Waals surface area (Å²) in [6.07, 6.45) is -0.0617. The molecular formula is C15H13F2N3O3. The summed E-state index contributed by atoms with van der Waals surface area (Å²) in [6, 6.07) is 4.87. The fourth-order valence-corrected chi connectivity index (χ4v) is 2.43. The van der Waals surface area contributed by atoms with E-state index >= 15 is 0 Å². The number of nitrogens with zero attached hydrogens (tertiary/aromatic N) is 2. The molecule has 2 aromatic rings. The van der Waals surface area contributed by atoms with E-state index in [1.54, 1.807) is 13.0 Å². The molecule has 0 radical (unpaired) electrons. The molecule has 1 aromatic carbocycles. The number of rotatable bonds is 3. The highest BCUT2D eigenvalue weighted by atomic mass is 19.1. The number of carbonyl (C=O) groups is 2. The van der Waals surface area contributed by atoms with Gasteiger partial charge >= 0.3 is 0 Å². The van der Waals surface area contributed by atoms with Crippen molar-refractivity contribution in [3.05, 3.63) is 41.7 Å². The summed E-state index contributed by atoms with van der Waals surface area (Å²) < 4.78 is 32.0. The molecule has 3 rings (SSSR count). The molecule has 1 N–H and O–H groups in total. The fourth-order valence-electron chi connectivity index (χ4n) is 2.43. The minimum absolute atomic E-state index is 0.0617. The van der Waals surface area contributed by atoms with Crippen molar-refractivity contribution in [2.45, 2.75) is 13.3 Å². The third kappa shape index (κ3) is 2.92. The molecule has 23 heavy (non-hydrogen) atoms. The van der Waals surface area contributed by atoms with Gasteiger partial charge in [0.25, 0.3) is 0 Å². The van der Waals surface area contributed by atoms with E-state index in [2.05, 4.69) is 10.5 Å². The minimum Gasteiger partial charge on any atom is -0.360 e. The van der Waals surface area contributed by atoms with Crippen molar-refractivity contribution < 1.29 is 22.9 Å². The lowest BCUT2D eigenvalue weighted by atomic mass is 10.1. The lowest BCUT2D eigenvalue weighted by Gasteiger charge is -2.13. The lowest BCUT2D eigenvalue weighted by molar-refractivity contribution is -0.122. The quantitative estimate of drug-likeness (QED) is 0.941. The van der Waals surface area contributed by atoms with Crippen LogP contribution < -0.4 is 10.2 Å². The smallest absolute Gasteiger partial charge is 0.229 e. The van der Waals surface area contributed by atoms with Crippen LogP contribution in [-0.4, -0.2) is 23.5 Å². The largest absolute Gasteiger partial charge is 0.360 e. The van der Waals surface area contributed by atoms with Crippen LogP contribution in [0.3, 0.4) is 0 Å². The van der Waals surface area contributed by atoms with Gasteiger partial charge in [-0.05, 0) is 19.1 Å². The Morgan fingerprint density at radius 1 is 1.39 bits per heavy atom. The highest BCUT2D eigenvalue weighted by Crippen LogP contribution is 2.26. The maximum absolute atomic E-state index is 13.6. The molecule has 2 amide bonds. The summed E-state index contributed by atoms with van der Waals surface area (Å²) in [6.45, 7) is 1.76. The first kappa shape index (κ1) is 15.1. The average molecular weight is 321 g/mol. The second kappa shape index (κ2) is 5.79. The third-order valence-electron chi connectivity index (χ3n) is 3.60. The maximum atomic E-state index is 13.6. The Morgan fingerprint density at radius 3 is 2.70 bits per heavy atom. The first-order valence-corrected chi connectivity index (χ1v) is 6.94. The van der Waals surface area contributed by atoms with Gasteiger partial charge in [0.1, 0.15) is 23.1 Å². The van der Waals surface area contributed by atoms with E-state index in [0.717, 1.165) is 12.1 Å². The van der Waals surface area contributed by atoms with E-state index in [0.29, 0.717) is 11.6 Å². The van der Waals surface area contributed by atoms with Crippen LogP contribution >= 0.6 is 0 Å². The van der Waals surface area contributed by atoms with Crippen LogP contribution in [0.4, 0.5) is 20.3 Å². The predicted molar refractivity (Wildman–Crippen MR) is 76.7 cm³/mol. The van der Waals surface area contributed by atoms with E-state index in [9.17, 15) is 18.4 Å². The van der Waals surface area contributed by atoms with Crippen LogP contribution in [0.2, 0.25) is 0 Å². The summed E-state index contributed by atoms with van der Waals surface area (Å²) in [7, 11) is 0. The number of anilines is 2. The van der Waals surface area contributed by atoms with Gasteiger partial charge < -0.3 is 9.84 Å². The van der Waals surface area contributed by atoms with E-state index in [4.69, 9.17) is 4.52 Å². The Hall–Kier alpha value is -2.77. The van der Waals surface area contributed by atoms with Crippen LogP contribution in [0, 0.1) is 24.5 Å². The fraction of sp³-hybridized carbons (Fsp3) is 0.267. The molecule has 1 aliphatic rings. The number of carbonyl (C=O) groups excluding carboxylic acids is 2. The number of para-hydroxylation sites is 1. The number of nitrogens with one attached hydrogen (secondary N) is 1. The number of hydrogen-bond acceptors (Lipinski definition) is 4. The van der Waals surface area contributed by atoms with Crippen molar-refractivity contribution in [2.24, 2.45) is 5.92 Å². The van der Waals surface area contributed by atoms with Crippen molar-refractivity contribution in [3.8, 4) is 0 Å². The summed E-state index contributed by atoms with van der Waals surface area (Å²) in [5, 5.41) is 5.94. The highest BCUT2D eigenvalue weighted by molar-refractivity contribution is 6.03. The molecule has 8 heteroatoms. The Morgan fingerprint density at radius 2 is 2.09 bits per heavy atom. The van der Waals surface area contributed by atoms with Crippen molar-refractivity contribution in [2.75, 3.05) is 16.8 Å². The lowest BCUT2D eigenvalue weighted by Crippen LogP contribution is -2.28.